The van der Waals surface area contributed by atoms with Crippen LogP contribution in [0.15, 0.2) is 12.1 Å². The molecule has 0 aliphatic heterocycles. The van der Waals surface area contributed by atoms with Crippen LogP contribution in [-0.4, -0.2) is 11.6 Å². The van der Waals surface area contributed by atoms with Gasteiger partial charge in [-0.1, -0.05) is 25.4 Å². The molecule has 3 heteroatoms. The molecule has 0 fully saturated rings. The van der Waals surface area contributed by atoms with Crippen molar-refractivity contribution in [3.63, 3.8) is 0 Å². The fourth-order valence-electron chi connectivity index (χ4n) is 1.05. The van der Waals surface area contributed by atoms with Crippen molar-refractivity contribution in [2.24, 2.45) is 0 Å². The Labute approximate surface area is 83.9 Å². The first kappa shape index (κ1) is 10.3. The Kier molecular flexibility index (Phi) is 3.55. The summed E-state index contributed by atoms with van der Waals surface area (Å²) in [4.78, 5) is 4.05. The van der Waals surface area contributed by atoms with E-state index in [0.29, 0.717) is 23.6 Å². The molecule has 1 heterocycles. The van der Waals surface area contributed by atoms with Crippen molar-refractivity contribution in [2.45, 2.75) is 26.7 Å². The molecule has 1 aromatic rings. The van der Waals surface area contributed by atoms with Gasteiger partial charge in [0.15, 0.2) is 0 Å². The van der Waals surface area contributed by atoms with Gasteiger partial charge in [0.1, 0.15) is 5.15 Å². The molecule has 0 atom stereocenters. The predicted molar refractivity (Wildman–Crippen MR) is 54.5 cm³/mol. The molecule has 0 spiro atoms. The van der Waals surface area contributed by atoms with E-state index in [-0.39, 0.29) is 0 Å². The number of pyridine rings is 1. The third-order valence-electron chi connectivity index (χ3n) is 1.75. The highest BCUT2D eigenvalue weighted by atomic mass is 35.5. The van der Waals surface area contributed by atoms with Gasteiger partial charge in [0.2, 0.25) is 5.88 Å². The molecule has 0 N–H and O–H groups in total. The topological polar surface area (TPSA) is 22.1 Å². The van der Waals surface area contributed by atoms with E-state index in [2.05, 4.69) is 18.8 Å². The lowest BCUT2D eigenvalue weighted by Crippen LogP contribution is -1.97. The second-order valence-electron chi connectivity index (χ2n) is 3.15. The summed E-state index contributed by atoms with van der Waals surface area (Å²) in [5.74, 6) is 1.05. The molecular formula is C10H14ClNO. The Morgan fingerprint density at radius 2 is 2.15 bits per heavy atom. The smallest absolute Gasteiger partial charge is 0.214 e. The summed E-state index contributed by atoms with van der Waals surface area (Å²) in [6.07, 6.45) is 0. The van der Waals surface area contributed by atoms with Crippen LogP contribution in [0.2, 0.25) is 5.15 Å². The first-order valence-corrected chi connectivity index (χ1v) is 4.81. The van der Waals surface area contributed by atoms with E-state index in [1.807, 2.05) is 19.1 Å². The molecule has 1 aromatic heterocycles. The van der Waals surface area contributed by atoms with Crippen molar-refractivity contribution < 1.29 is 4.74 Å². The van der Waals surface area contributed by atoms with Crippen LogP contribution in [0, 0.1) is 0 Å². The number of ether oxygens (including phenoxy) is 1. The fraction of sp³-hybridized carbons (Fsp3) is 0.500. The van der Waals surface area contributed by atoms with Gasteiger partial charge < -0.3 is 4.74 Å². The molecule has 13 heavy (non-hydrogen) atoms. The highest BCUT2D eigenvalue weighted by molar-refractivity contribution is 6.29. The normalized spacial score (nSPS) is 10.5. The van der Waals surface area contributed by atoms with E-state index >= 15 is 0 Å². The van der Waals surface area contributed by atoms with Crippen LogP contribution in [0.5, 0.6) is 5.88 Å². The Morgan fingerprint density at radius 3 is 2.69 bits per heavy atom. The standard InChI is InChI=1S/C10H14ClNO/c1-4-13-10-6-8(7(2)3)5-9(11)12-10/h5-7H,4H2,1-3H3. The van der Waals surface area contributed by atoms with E-state index in [4.69, 9.17) is 16.3 Å². The minimum Gasteiger partial charge on any atom is -0.478 e. The molecule has 0 radical (unpaired) electrons. The lowest BCUT2D eigenvalue weighted by molar-refractivity contribution is 0.326. The molecule has 0 saturated carbocycles. The highest BCUT2D eigenvalue weighted by Gasteiger charge is 2.04. The minimum atomic E-state index is 0.444. The number of nitrogens with zero attached hydrogens (tertiary/aromatic N) is 1. The molecule has 72 valence electrons. The summed E-state index contributed by atoms with van der Waals surface area (Å²) in [7, 11) is 0. The molecule has 0 aromatic carbocycles. The Hall–Kier alpha value is -0.760. The van der Waals surface area contributed by atoms with Gasteiger partial charge in [-0.2, -0.15) is 0 Å². The maximum absolute atomic E-state index is 5.84. The summed E-state index contributed by atoms with van der Waals surface area (Å²) in [6.45, 7) is 6.77. The second kappa shape index (κ2) is 4.47. The van der Waals surface area contributed by atoms with Crippen LogP contribution in [0.4, 0.5) is 0 Å². The molecular weight excluding hydrogens is 186 g/mol. The first-order valence-electron chi connectivity index (χ1n) is 4.43. The lowest BCUT2D eigenvalue weighted by atomic mass is 10.1. The molecule has 0 saturated heterocycles. The third-order valence-corrected chi connectivity index (χ3v) is 1.95. The van der Waals surface area contributed by atoms with Crippen LogP contribution in [0.25, 0.3) is 0 Å². The zero-order valence-corrected chi connectivity index (χ0v) is 8.93. The van der Waals surface area contributed by atoms with E-state index in [9.17, 15) is 0 Å². The SMILES string of the molecule is CCOc1cc(C(C)C)cc(Cl)n1. The number of hydrogen-bond acceptors (Lipinski definition) is 2. The molecule has 0 unspecified atom stereocenters. The summed E-state index contributed by atoms with van der Waals surface area (Å²) in [5.41, 5.74) is 1.16. The maximum atomic E-state index is 5.84. The maximum Gasteiger partial charge on any atom is 0.214 e. The zero-order valence-electron chi connectivity index (χ0n) is 8.17. The van der Waals surface area contributed by atoms with Crippen molar-refractivity contribution >= 4 is 11.6 Å². The Balaban J connectivity index is 2.96. The van der Waals surface area contributed by atoms with Gasteiger partial charge in [0, 0.05) is 6.07 Å². The van der Waals surface area contributed by atoms with E-state index in [1.165, 1.54) is 0 Å². The molecule has 0 amide bonds. The summed E-state index contributed by atoms with van der Waals surface area (Å²) in [5, 5.41) is 0.495. The average molecular weight is 200 g/mol. The Bertz CT molecular complexity index is 286. The van der Waals surface area contributed by atoms with Gasteiger partial charge in [0.25, 0.3) is 0 Å². The number of rotatable bonds is 3. The summed E-state index contributed by atoms with van der Waals surface area (Å²) < 4.78 is 5.28. The molecule has 0 aliphatic carbocycles. The van der Waals surface area contributed by atoms with E-state index in [1.54, 1.807) is 0 Å². The highest BCUT2D eigenvalue weighted by Crippen LogP contribution is 2.22. The average Bonchev–Trinajstić information content (AvgIpc) is 2.03. The van der Waals surface area contributed by atoms with Crippen molar-refractivity contribution in [1.82, 2.24) is 4.98 Å². The lowest BCUT2D eigenvalue weighted by Gasteiger charge is -2.08. The summed E-state index contributed by atoms with van der Waals surface area (Å²) >= 11 is 5.84. The van der Waals surface area contributed by atoms with Crippen molar-refractivity contribution in [3.8, 4) is 5.88 Å². The van der Waals surface area contributed by atoms with Crippen LogP contribution in [0.3, 0.4) is 0 Å². The number of aromatic nitrogens is 1. The monoisotopic (exact) mass is 199 g/mol. The summed E-state index contributed by atoms with van der Waals surface area (Å²) in [6, 6.07) is 3.80. The van der Waals surface area contributed by atoms with Gasteiger partial charge in [-0.3, -0.25) is 0 Å². The van der Waals surface area contributed by atoms with Crippen molar-refractivity contribution in [2.75, 3.05) is 6.61 Å². The van der Waals surface area contributed by atoms with Gasteiger partial charge in [-0.25, -0.2) is 4.98 Å². The number of halogens is 1. The zero-order chi connectivity index (χ0) is 9.84. The van der Waals surface area contributed by atoms with Gasteiger partial charge >= 0.3 is 0 Å². The predicted octanol–water partition coefficient (Wildman–Crippen LogP) is 3.26. The molecule has 0 bridgehead atoms. The minimum absolute atomic E-state index is 0.444. The molecule has 2 nitrogen and oxygen atoms in total. The van der Waals surface area contributed by atoms with Gasteiger partial charge in [-0.15, -0.1) is 0 Å². The van der Waals surface area contributed by atoms with Crippen LogP contribution in [0.1, 0.15) is 32.3 Å². The van der Waals surface area contributed by atoms with Gasteiger partial charge in [0.05, 0.1) is 6.61 Å². The Morgan fingerprint density at radius 1 is 1.46 bits per heavy atom. The largest absolute Gasteiger partial charge is 0.478 e. The fourth-order valence-corrected chi connectivity index (χ4v) is 1.26. The van der Waals surface area contributed by atoms with Crippen molar-refractivity contribution in [1.29, 1.82) is 0 Å². The first-order chi connectivity index (χ1) is 6.13. The van der Waals surface area contributed by atoms with E-state index in [0.717, 1.165) is 5.56 Å². The molecule has 1 rings (SSSR count). The van der Waals surface area contributed by atoms with E-state index < -0.39 is 0 Å². The third kappa shape index (κ3) is 2.88. The van der Waals surface area contributed by atoms with Crippen molar-refractivity contribution in [3.05, 3.63) is 22.8 Å². The molecule has 0 aliphatic rings. The van der Waals surface area contributed by atoms with Crippen LogP contribution >= 0.6 is 11.6 Å². The second-order valence-corrected chi connectivity index (χ2v) is 3.54. The van der Waals surface area contributed by atoms with Crippen LogP contribution in [-0.2, 0) is 0 Å². The quantitative estimate of drug-likeness (QED) is 0.698. The van der Waals surface area contributed by atoms with Gasteiger partial charge in [-0.05, 0) is 24.5 Å². The number of hydrogen-bond donors (Lipinski definition) is 0. The van der Waals surface area contributed by atoms with Crippen LogP contribution < -0.4 is 4.74 Å².